The number of pyridine rings is 1. The lowest BCUT2D eigenvalue weighted by molar-refractivity contribution is 0.0566. The molecule has 1 aliphatic rings. The molecule has 0 bridgehead atoms. The van der Waals surface area contributed by atoms with Crippen molar-refractivity contribution in [2.45, 2.75) is 38.4 Å². The molecule has 2 aromatic heterocycles. The second-order valence-electron chi connectivity index (χ2n) is 8.73. The van der Waals surface area contributed by atoms with Gasteiger partial charge in [0.25, 0.3) is 0 Å². The number of hydrogen-bond donors (Lipinski definition) is 0. The van der Waals surface area contributed by atoms with Gasteiger partial charge in [-0.15, -0.1) is 11.3 Å². The standard InChI is InChI=1S/C27H35N3OS/c1-31-18-17-30(21-25-10-5-6-14-28-25)27(20-23-8-3-2-4-9-23)24-12-15-29(16-13-24)22-26-11-7-19-32-26/h2-11,14,19,24,27H,12-13,15-18,20-22H2,1H3. The van der Waals surface area contributed by atoms with E-state index in [1.165, 1.54) is 36.4 Å². The van der Waals surface area contributed by atoms with Crippen LogP contribution < -0.4 is 0 Å². The summed E-state index contributed by atoms with van der Waals surface area (Å²) in [5, 5.41) is 2.18. The van der Waals surface area contributed by atoms with Gasteiger partial charge in [-0.3, -0.25) is 14.8 Å². The van der Waals surface area contributed by atoms with Crippen molar-refractivity contribution in [3.8, 4) is 0 Å². The molecule has 5 heteroatoms. The average molecular weight is 450 g/mol. The molecule has 1 saturated heterocycles. The molecule has 4 rings (SSSR count). The summed E-state index contributed by atoms with van der Waals surface area (Å²) in [4.78, 5) is 11.3. The van der Waals surface area contributed by atoms with E-state index in [0.717, 1.165) is 38.4 Å². The Kier molecular flexibility index (Phi) is 8.86. The van der Waals surface area contributed by atoms with Crippen molar-refractivity contribution < 1.29 is 4.74 Å². The van der Waals surface area contributed by atoms with Crippen molar-refractivity contribution in [2.75, 3.05) is 33.4 Å². The third-order valence-electron chi connectivity index (χ3n) is 6.57. The van der Waals surface area contributed by atoms with E-state index in [-0.39, 0.29) is 0 Å². The summed E-state index contributed by atoms with van der Waals surface area (Å²) >= 11 is 1.87. The first kappa shape index (κ1) is 23.1. The van der Waals surface area contributed by atoms with Gasteiger partial charge < -0.3 is 4.74 Å². The topological polar surface area (TPSA) is 28.6 Å². The monoisotopic (exact) mass is 449 g/mol. The molecule has 0 radical (unpaired) electrons. The lowest BCUT2D eigenvalue weighted by Gasteiger charge is -2.41. The molecule has 0 amide bonds. The van der Waals surface area contributed by atoms with Crippen LogP contribution in [0.3, 0.4) is 0 Å². The Hall–Kier alpha value is -2.05. The highest BCUT2D eigenvalue weighted by molar-refractivity contribution is 7.09. The van der Waals surface area contributed by atoms with Gasteiger partial charge in [0.05, 0.1) is 12.3 Å². The number of ether oxygens (including phenoxy) is 1. The minimum atomic E-state index is 0.485. The first-order valence-electron chi connectivity index (χ1n) is 11.7. The molecular formula is C27H35N3OS. The van der Waals surface area contributed by atoms with Gasteiger partial charge in [-0.1, -0.05) is 42.5 Å². The molecule has 1 atom stereocenters. The maximum Gasteiger partial charge on any atom is 0.0589 e. The summed E-state index contributed by atoms with van der Waals surface area (Å²) < 4.78 is 5.50. The maximum absolute atomic E-state index is 5.50. The van der Waals surface area contributed by atoms with Crippen LogP contribution in [0, 0.1) is 5.92 Å². The van der Waals surface area contributed by atoms with Crippen LogP contribution in [0.1, 0.15) is 29.0 Å². The molecular weight excluding hydrogens is 414 g/mol. The number of thiophene rings is 1. The van der Waals surface area contributed by atoms with Crippen LogP contribution in [0.2, 0.25) is 0 Å². The van der Waals surface area contributed by atoms with Gasteiger partial charge in [0, 0.05) is 43.9 Å². The predicted octanol–water partition coefficient (Wildman–Crippen LogP) is 5.12. The lowest BCUT2D eigenvalue weighted by atomic mass is 9.84. The zero-order chi connectivity index (χ0) is 22.0. The summed E-state index contributed by atoms with van der Waals surface area (Å²) in [6.45, 7) is 5.99. The average Bonchev–Trinajstić information content (AvgIpc) is 3.35. The first-order valence-corrected chi connectivity index (χ1v) is 12.6. The summed E-state index contributed by atoms with van der Waals surface area (Å²) in [7, 11) is 1.80. The summed E-state index contributed by atoms with van der Waals surface area (Å²) in [6.07, 6.45) is 5.47. The van der Waals surface area contributed by atoms with Gasteiger partial charge in [-0.25, -0.2) is 0 Å². The largest absolute Gasteiger partial charge is 0.383 e. The third kappa shape index (κ3) is 6.72. The highest BCUT2D eigenvalue weighted by Gasteiger charge is 2.31. The fraction of sp³-hybridized carbons (Fsp3) is 0.444. The highest BCUT2D eigenvalue weighted by Crippen LogP contribution is 2.29. The van der Waals surface area contributed by atoms with E-state index in [4.69, 9.17) is 4.74 Å². The number of aromatic nitrogens is 1. The Morgan fingerprint density at radius 2 is 1.88 bits per heavy atom. The molecule has 3 heterocycles. The molecule has 1 aromatic carbocycles. The fourth-order valence-electron chi connectivity index (χ4n) is 4.84. The second-order valence-corrected chi connectivity index (χ2v) is 9.77. The Balaban J connectivity index is 1.48. The van der Waals surface area contributed by atoms with Gasteiger partial charge >= 0.3 is 0 Å². The van der Waals surface area contributed by atoms with Crippen LogP contribution in [0.25, 0.3) is 0 Å². The fourth-order valence-corrected chi connectivity index (χ4v) is 5.58. The summed E-state index contributed by atoms with van der Waals surface area (Å²) in [5.41, 5.74) is 2.55. The molecule has 1 aliphatic heterocycles. The van der Waals surface area contributed by atoms with Gasteiger partial charge in [-0.2, -0.15) is 0 Å². The van der Waals surface area contributed by atoms with Crippen molar-refractivity contribution in [2.24, 2.45) is 5.92 Å². The van der Waals surface area contributed by atoms with Gasteiger partial charge in [0.1, 0.15) is 0 Å². The van der Waals surface area contributed by atoms with E-state index < -0.39 is 0 Å². The molecule has 0 saturated carbocycles. The predicted molar refractivity (Wildman–Crippen MR) is 133 cm³/mol. The van der Waals surface area contributed by atoms with Crippen LogP contribution in [0.15, 0.2) is 72.2 Å². The van der Waals surface area contributed by atoms with Crippen molar-refractivity contribution in [1.82, 2.24) is 14.8 Å². The molecule has 170 valence electrons. The van der Waals surface area contributed by atoms with Crippen LogP contribution >= 0.6 is 11.3 Å². The zero-order valence-electron chi connectivity index (χ0n) is 19.1. The van der Waals surface area contributed by atoms with Crippen LogP contribution in [0.4, 0.5) is 0 Å². The Labute approximate surface area is 196 Å². The van der Waals surface area contributed by atoms with E-state index in [1.54, 1.807) is 7.11 Å². The molecule has 3 aromatic rings. The molecule has 1 unspecified atom stereocenters. The maximum atomic E-state index is 5.50. The van der Waals surface area contributed by atoms with Crippen molar-refractivity contribution in [3.63, 3.8) is 0 Å². The van der Waals surface area contributed by atoms with E-state index in [2.05, 4.69) is 74.8 Å². The van der Waals surface area contributed by atoms with E-state index >= 15 is 0 Å². The summed E-state index contributed by atoms with van der Waals surface area (Å²) in [6, 6.07) is 22.1. The number of likely N-dealkylation sites (tertiary alicyclic amines) is 1. The Morgan fingerprint density at radius 3 is 2.56 bits per heavy atom. The number of rotatable bonds is 11. The van der Waals surface area contributed by atoms with Crippen molar-refractivity contribution in [1.29, 1.82) is 0 Å². The van der Waals surface area contributed by atoms with Crippen molar-refractivity contribution >= 4 is 11.3 Å². The number of nitrogens with zero attached hydrogens (tertiary/aromatic N) is 3. The quantitative estimate of drug-likeness (QED) is 0.406. The Bertz CT molecular complexity index is 880. The van der Waals surface area contributed by atoms with Crippen molar-refractivity contribution in [3.05, 3.63) is 88.4 Å². The number of piperidine rings is 1. The minimum absolute atomic E-state index is 0.485. The molecule has 0 aliphatic carbocycles. The zero-order valence-corrected chi connectivity index (χ0v) is 19.9. The first-order chi connectivity index (χ1) is 15.8. The molecule has 4 nitrogen and oxygen atoms in total. The van der Waals surface area contributed by atoms with Crippen LogP contribution in [0.5, 0.6) is 0 Å². The minimum Gasteiger partial charge on any atom is -0.383 e. The second kappa shape index (κ2) is 12.3. The smallest absolute Gasteiger partial charge is 0.0589 e. The SMILES string of the molecule is COCCN(Cc1ccccn1)C(Cc1ccccc1)C1CCN(Cc2cccs2)CC1. The molecule has 0 spiro atoms. The Morgan fingerprint density at radius 1 is 1.06 bits per heavy atom. The lowest BCUT2D eigenvalue weighted by Crippen LogP contribution is -2.47. The number of benzene rings is 1. The third-order valence-corrected chi connectivity index (χ3v) is 7.43. The van der Waals surface area contributed by atoms with E-state index in [1.807, 2.05) is 23.6 Å². The van der Waals surface area contributed by atoms with Crippen LogP contribution in [-0.2, 0) is 24.2 Å². The number of hydrogen-bond acceptors (Lipinski definition) is 5. The normalized spacial score (nSPS) is 16.4. The van der Waals surface area contributed by atoms with Crippen LogP contribution in [-0.4, -0.2) is 54.2 Å². The number of methoxy groups -OCH3 is 1. The van der Waals surface area contributed by atoms with Gasteiger partial charge in [-0.05, 0) is 67.4 Å². The molecule has 0 N–H and O–H groups in total. The summed E-state index contributed by atoms with van der Waals surface area (Å²) in [5.74, 6) is 0.676. The van der Waals surface area contributed by atoms with Gasteiger partial charge in [0.15, 0.2) is 0 Å². The van der Waals surface area contributed by atoms with E-state index in [0.29, 0.717) is 12.0 Å². The highest BCUT2D eigenvalue weighted by atomic mass is 32.1. The molecule has 32 heavy (non-hydrogen) atoms. The molecule has 1 fully saturated rings. The van der Waals surface area contributed by atoms with Gasteiger partial charge in [0.2, 0.25) is 0 Å². The van der Waals surface area contributed by atoms with E-state index in [9.17, 15) is 0 Å².